The van der Waals surface area contributed by atoms with Crippen molar-refractivity contribution >= 4 is 28.8 Å². The minimum atomic E-state index is 1.07. The largest absolute Gasteiger partial charge is 0.355 e. The summed E-state index contributed by atoms with van der Waals surface area (Å²) in [5.74, 6) is 0. The molecule has 0 heterocycles. The molecule has 0 radical (unpaired) electrons. The summed E-state index contributed by atoms with van der Waals surface area (Å²) >= 11 is 0. The van der Waals surface area contributed by atoms with Crippen LogP contribution in [0.1, 0.15) is 16.7 Å². The van der Waals surface area contributed by atoms with E-state index in [1.54, 1.807) is 0 Å². The third-order valence-corrected chi connectivity index (χ3v) is 4.78. The van der Waals surface area contributed by atoms with Crippen molar-refractivity contribution in [1.29, 1.82) is 0 Å². The van der Waals surface area contributed by atoms with Crippen LogP contribution in [-0.4, -0.2) is 0 Å². The molecule has 4 rings (SSSR count). The van der Waals surface area contributed by atoms with Gasteiger partial charge in [0.1, 0.15) is 0 Å². The summed E-state index contributed by atoms with van der Waals surface area (Å²) in [6.07, 6.45) is 2.18. The number of benzene rings is 4. The van der Waals surface area contributed by atoms with E-state index in [1.807, 2.05) is 30.3 Å². The summed E-state index contributed by atoms with van der Waals surface area (Å²) in [5.41, 5.74) is 7.87. The molecular formula is C27H24N2. The van der Waals surface area contributed by atoms with Crippen molar-refractivity contribution < 1.29 is 0 Å². The van der Waals surface area contributed by atoms with Gasteiger partial charge in [-0.3, -0.25) is 0 Å². The molecule has 0 saturated carbocycles. The summed E-state index contributed by atoms with van der Waals surface area (Å²) in [6, 6.07) is 37.5. The Hall–Kier alpha value is -3.78. The smallest absolute Gasteiger partial charge is 0.0463 e. The average molecular weight is 377 g/mol. The van der Waals surface area contributed by atoms with Crippen LogP contribution in [0.4, 0.5) is 17.1 Å². The lowest BCUT2D eigenvalue weighted by molar-refractivity contribution is 1.43. The van der Waals surface area contributed by atoms with E-state index in [0.29, 0.717) is 0 Å². The highest BCUT2D eigenvalue weighted by molar-refractivity contribution is 5.88. The number of hydrogen-bond acceptors (Lipinski definition) is 2. The van der Waals surface area contributed by atoms with Crippen LogP contribution in [0.3, 0.4) is 0 Å². The second-order valence-electron chi connectivity index (χ2n) is 6.98. The second kappa shape index (κ2) is 8.94. The molecular weight excluding hydrogens is 352 g/mol. The molecule has 0 spiro atoms. The van der Waals surface area contributed by atoms with Crippen LogP contribution in [0.25, 0.3) is 11.8 Å². The van der Waals surface area contributed by atoms with E-state index in [2.05, 4.69) is 102 Å². The molecule has 0 aliphatic carbocycles. The maximum atomic E-state index is 3.55. The Morgan fingerprint density at radius 2 is 1.24 bits per heavy atom. The van der Waals surface area contributed by atoms with Gasteiger partial charge in [-0.2, -0.15) is 0 Å². The van der Waals surface area contributed by atoms with Crippen molar-refractivity contribution in [2.24, 2.45) is 0 Å². The van der Waals surface area contributed by atoms with E-state index in [0.717, 1.165) is 33.9 Å². The van der Waals surface area contributed by atoms with Gasteiger partial charge < -0.3 is 10.6 Å². The zero-order valence-electron chi connectivity index (χ0n) is 16.5. The summed E-state index contributed by atoms with van der Waals surface area (Å²) in [5, 5.41) is 7.04. The maximum absolute atomic E-state index is 3.55. The first-order valence-electron chi connectivity index (χ1n) is 9.80. The molecule has 0 aliphatic heterocycles. The molecule has 0 atom stereocenters. The first-order chi connectivity index (χ1) is 14.3. The van der Waals surface area contributed by atoms with Gasteiger partial charge in [0, 0.05) is 22.8 Å². The lowest BCUT2D eigenvalue weighted by atomic mass is 10.1. The minimum Gasteiger partial charge on any atom is -0.355 e. The third-order valence-electron chi connectivity index (χ3n) is 4.78. The highest BCUT2D eigenvalue weighted by Gasteiger charge is 2.03. The Morgan fingerprint density at radius 3 is 1.93 bits per heavy atom. The molecule has 4 aromatic rings. The Kier molecular flexibility index (Phi) is 5.73. The number of para-hydroxylation sites is 2. The van der Waals surface area contributed by atoms with E-state index < -0.39 is 0 Å². The molecule has 142 valence electrons. The molecule has 0 unspecified atom stereocenters. The highest BCUT2D eigenvalue weighted by atomic mass is 14.9. The fourth-order valence-electron chi connectivity index (χ4n) is 3.18. The Morgan fingerprint density at radius 1 is 0.621 bits per heavy atom. The SMILES string of the molecule is Cc1ccccc1Nc1ccc(/C=C(\Nc2ccccc2)c2ccccc2)cc1. The zero-order chi connectivity index (χ0) is 19.9. The van der Waals surface area contributed by atoms with Crippen molar-refractivity contribution in [3.8, 4) is 0 Å². The molecule has 0 bridgehead atoms. The Balaban J connectivity index is 1.59. The number of anilines is 3. The number of aryl methyl sites for hydroxylation is 1. The summed E-state index contributed by atoms with van der Waals surface area (Å²) in [4.78, 5) is 0. The van der Waals surface area contributed by atoms with Crippen LogP contribution < -0.4 is 10.6 Å². The van der Waals surface area contributed by atoms with Crippen LogP contribution in [0.2, 0.25) is 0 Å². The molecule has 0 aromatic heterocycles. The molecule has 29 heavy (non-hydrogen) atoms. The molecule has 0 fully saturated rings. The van der Waals surface area contributed by atoms with Gasteiger partial charge in [-0.25, -0.2) is 0 Å². The van der Waals surface area contributed by atoms with E-state index in [4.69, 9.17) is 0 Å². The van der Waals surface area contributed by atoms with Crippen molar-refractivity contribution in [3.05, 3.63) is 126 Å². The second-order valence-corrected chi connectivity index (χ2v) is 6.98. The molecule has 2 N–H and O–H groups in total. The van der Waals surface area contributed by atoms with Crippen molar-refractivity contribution in [2.75, 3.05) is 10.6 Å². The normalized spacial score (nSPS) is 11.1. The average Bonchev–Trinajstić information content (AvgIpc) is 2.77. The third kappa shape index (κ3) is 4.94. The molecule has 4 aromatic carbocycles. The molecule has 0 saturated heterocycles. The summed E-state index contributed by atoms with van der Waals surface area (Å²) in [6.45, 7) is 2.11. The van der Waals surface area contributed by atoms with Crippen LogP contribution in [0, 0.1) is 6.92 Å². The van der Waals surface area contributed by atoms with Gasteiger partial charge in [0.05, 0.1) is 0 Å². The maximum Gasteiger partial charge on any atom is 0.0463 e. The van der Waals surface area contributed by atoms with Gasteiger partial charge in [-0.15, -0.1) is 0 Å². The minimum absolute atomic E-state index is 1.07. The number of nitrogens with one attached hydrogen (secondary N) is 2. The molecule has 2 heteroatoms. The predicted molar refractivity (Wildman–Crippen MR) is 125 cm³/mol. The Labute approximate surface area is 172 Å². The van der Waals surface area contributed by atoms with Gasteiger partial charge in [-0.05, 0) is 60.0 Å². The lowest BCUT2D eigenvalue weighted by Crippen LogP contribution is -1.98. The van der Waals surface area contributed by atoms with Crippen LogP contribution in [0.5, 0.6) is 0 Å². The van der Waals surface area contributed by atoms with Gasteiger partial charge in [0.2, 0.25) is 0 Å². The Bertz CT molecular complexity index is 1080. The monoisotopic (exact) mass is 376 g/mol. The van der Waals surface area contributed by atoms with Crippen molar-refractivity contribution in [2.45, 2.75) is 6.92 Å². The van der Waals surface area contributed by atoms with Gasteiger partial charge in [-0.1, -0.05) is 78.9 Å². The van der Waals surface area contributed by atoms with Gasteiger partial charge >= 0.3 is 0 Å². The van der Waals surface area contributed by atoms with Crippen molar-refractivity contribution in [3.63, 3.8) is 0 Å². The number of hydrogen-bond donors (Lipinski definition) is 2. The molecule has 2 nitrogen and oxygen atoms in total. The fraction of sp³-hybridized carbons (Fsp3) is 0.0370. The molecule has 0 aliphatic rings. The highest BCUT2D eigenvalue weighted by Crippen LogP contribution is 2.24. The lowest BCUT2D eigenvalue weighted by Gasteiger charge is -2.13. The zero-order valence-corrected chi connectivity index (χ0v) is 16.5. The summed E-state index contributed by atoms with van der Waals surface area (Å²) < 4.78 is 0. The van der Waals surface area contributed by atoms with E-state index in [-0.39, 0.29) is 0 Å². The van der Waals surface area contributed by atoms with E-state index >= 15 is 0 Å². The number of rotatable bonds is 6. The van der Waals surface area contributed by atoms with Crippen molar-refractivity contribution in [1.82, 2.24) is 0 Å². The van der Waals surface area contributed by atoms with E-state index in [1.165, 1.54) is 5.56 Å². The van der Waals surface area contributed by atoms with Crippen LogP contribution >= 0.6 is 0 Å². The quantitative estimate of drug-likeness (QED) is 0.344. The fourth-order valence-corrected chi connectivity index (χ4v) is 3.18. The van der Waals surface area contributed by atoms with E-state index in [9.17, 15) is 0 Å². The standard InChI is InChI=1S/C27H24N2/c1-21-10-8-9-15-26(21)28-25-18-16-22(17-19-25)20-27(23-11-4-2-5-12-23)29-24-13-6-3-7-14-24/h2-20,28-29H,1H3/b27-20-. The van der Waals surface area contributed by atoms with Crippen LogP contribution in [0.15, 0.2) is 109 Å². The van der Waals surface area contributed by atoms with Gasteiger partial charge in [0.25, 0.3) is 0 Å². The predicted octanol–water partition coefficient (Wildman–Crippen LogP) is 7.35. The summed E-state index contributed by atoms with van der Waals surface area (Å²) in [7, 11) is 0. The molecule has 0 amide bonds. The topological polar surface area (TPSA) is 24.1 Å². The first kappa shape index (κ1) is 18.6. The van der Waals surface area contributed by atoms with Gasteiger partial charge in [0.15, 0.2) is 0 Å². The van der Waals surface area contributed by atoms with Crippen LogP contribution in [-0.2, 0) is 0 Å². The first-order valence-corrected chi connectivity index (χ1v) is 9.80.